The largest absolute Gasteiger partial charge is 0.396 e. The highest BCUT2D eigenvalue weighted by Crippen LogP contribution is 2.66. The summed E-state index contributed by atoms with van der Waals surface area (Å²) in [4.78, 5) is 0. The number of aliphatic hydroxyl groups is 1. The highest BCUT2D eigenvalue weighted by molar-refractivity contribution is 5.31. The molecule has 4 aliphatic rings. The molecule has 0 amide bonds. The van der Waals surface area contributed by atoms with Gasteiger partial charge in [-0.05, 0) is 80.0 Å². The zero-order chi connectivity index (χ0) is 16.2. The van der Waals surface area contributed by atoms with E-state index in [0.29, 0.717) is 23.4 Å². The van der Waals surface area contributed by atoms with E-state index in [0.717, 1.165) is 30.1 Å². The zero-order valence-corrected chi connectivity index (χ0v) is 15.2. The number of aliphatic hydroxyl groups excluding tert-OH is 1. The molecule has 1 N–H and O–H groups in total. The van der Waals surface area contributed by atoms with E-state index in [1.54, 1.807) is 5.57 Å². The first kappa shape index (κ1) is 15.9. The minimum atomic E-state index is 0.350. The third-order valence-electron chi connectivity index (χ3n) is 8.66. The summed E-state index contributed by atoms with van der Waals surface area (Å²) < 4.78 is 0. The van der Waals surface area contributed by atoms with Crippen molar-refractivity contribution in [1.82, 2.24) is 0 Å². The summed E-state index contributed by atoms with van der Waals surface area (Å²) in [6.07, 6.45) is 16.9. The number of fused-ring (bicyclic) bond motifs is 5. The molecule has 0 aromatic rings. The Morgan fingerprint density at radius 1 is 1.17 bits per heavy atom. The maximum Gasteiger partial charge on any atom is 0.0459 e. The van der Waals surface area contributed by atoms with Crippen LogP contribution in [0.4, 0.5) is 0 Å². The van der Waals surface area contributed by atoms with Gasteiger partial charge in [-0.1, -0.05) is 44.6 Å². The molecule has 0 heterocycles. The molecule has 4 aliphatic carbocycles. The Kier molecular flexibility index (Phi) is 3.80. The molecule has 23 heavy (non-hydrogen) atoms. The average Bonchev–Trinajstić information content (AvgIpc) is 2.91. The summed E-state index contributed by atoms with van der Waals surface area (Å²) in [7, 11) is 0. The standard InChI is InChI=1S/C22H34O/c1-15(14-23)18-9-10-19-17-8-7-16-6-4-5-12-21(16,2)20(17)11-13-22(18,19)3/h5-6,12,15,17-20,23H,4,7-11,13-14H2,1-3H3/t15?,17-,18+,19-,20-,21-,22+/m0/s1. The van der Waals surface area contributed by atoms with Gasteiger partial charge in [-0.25, -0.2) is 0 Å². The van der Waals surface area contributed by atoms with Crippen LogP contribution in [0.5, 0.6) is 0 Å². The van der Waals surface area contributed by atoms with Crippen molar-refractivity contribution in [3.05, 3.63) is 23.8 Å². The van der Waals surface area contributed by atoms with Crippen molar-refractivity contribution in [3.63, 3.8) is 0 Å². The lowest BCUT2D eigenvalue weighted by molar-refractivity contribution is -0.0473. The Labute approximate surface area is 142 Å². The van der Waals surface area contributed by atoms with Gasteiger partial charge in [-0.2, -0.15) is 0 Å². The van der Waals surface area contributed by atoms with Gasteiger partial charge in [0.25, 0.3) is 0 Å². The predicted octanol–water partition coefficient (Wildman–Crippen LogP) is 5.36. The quantitative estimate of drug-likeness (QED) is 0.680. The fourth-order valence-corrected chi connectivity index (χ4v) is 7.44. The van der Waals surface area contributed by atoms with Crippen molar-refractivity contribution in [2.75, 3.05) is 6.61 Å². The Morgan fingerprint density at radius 2 is 2.00 bits per heavy atom. The summed E-state index contributed by atoms with van der Waals surface area (Å²) in [6.45, 7) is 7.74. The molecule has 0 saturated heterocycles. The van der Waals surface area contributed by atoms with Crippen LogP contribution in [0.25, 0.3) is 0 Å². The van der Waals surface area contributed by atoms with Crippen LogP contribution in [0.15, 0.2) is 23.8 Å². The first-order chi connectivity index (χ1) is 11.0. The fraction of sp³-hybridized carbons (Fsp3) is 0.818. The van der Waals surface area contributed by atoms with Crippen LogP contribution in [0, 0.1) is 40.4 Å². The van der Waals surface area contributed by atoms with Crippen molar-refractivity contribution in [2.24, 2.45) is 40.4 Å². The molecule has 1 heteroatoms. The van der Waals surface area contributed by atoms with Crippen LogP contribution in [-0.4, -0.2) is 11.7 Å². The third-order valence-corrected chi connectivity index (χ3v) is 8.66. The minimum absolute atomic E-state index is 0.350. The molecule has 0 spiro atoms. The van der Waals surface area contributed by atoms with Gasteiger partial charge in [-0.15, -0.1) is 0 Å². The first-order valence-corrected chi connectivity index (χ1v) is 9.99. The van der Waals surface area contributed by atoms with Crippen LogP contribution in [0.3, 0.4) is 0 Å². The lowest BCUT2D eigenvalue weighted by Gasteiger charge is -2.57. The van der Waals surface area contributed by atoms with Crippen LogP contribution >= 0.6 is 0 Å². The maximum atomic E-state index is 9.71. The van der Waals surface area contributed by atoms with Crippen LogP contribution in [-0.2, 0) is 0 Å². The number of rotatable bonds is 2. The van der Waals surface area contributed by atoms with E-state index < -0.39 is 0 Å². The summed E-state index contributed by atoms with van der Waals surface area (Å²) in [6, 6.07) is 0. The van der Waals surface area contributed by atoms with E-state index in [2.05, 4.69) is 39.0 Å². The van der Waals surface area contributed by atoms with Gasteiger partial charge >= 0.3 is 0 Å². The number of allylic oxidation sites excluding steroid dienone is 4. The second-order valence-electron chi connectivity index (χ2n) is 9.45. The highest BCUT2D eigenvalue weighted by atomic mass is 16.3. The molecule has 3 fully saturated rings. The van der Waals surface area contributed by atoms with Crippen LogP contribution in [0.2, 0.25) is 0 Å². The monoisotopic (exact) mass is 314 g/mol. The molecule has 3 saturated carbocycles. The molecular weight excluding hydrogens is 280 g/mol. The maximum absolute atomic E-state index is 9.71. The molecule has 128 valence electrons. The van der Waals surface area contributed by atoms with Gasteiger partial charge in [-0.3, -0.25) is 0 Å². The Bertz CT molecular complexity index is 532. The molecule has 0 aromatic carbocycles. The average molecular weight is 315 g/mol. The predicted molar refractivity (Wildman–Crippen MR) is 96.0 cm³/mol. The van der Waals surface area contributed by atoms with Gasteiger partial charge in [0.05, 0.1) is 0 Å². The summed E-state index contributed by atoms with van der Waals surface area (Å²) in [5, 5.41) is 9.71. The van der Waals surface area contributed by atoms with Crippen molar-refractivity contribution in [1.29, 1.82) is 0 Å². The van der Waals surface area contributed by atoms with E-state index in [1.807, 2.05) is 0 Å². The Balaban J connectivity index is 1.64. The molecule has 7 atom stereocenters. The SMILES string of the molecule is CC(CO)[C@H]1CC[C@H]2[C@@H]3CCC4=CCC=C[C@]4(C)[C@H]3CC[C@]12C. The van der Waals surface area contributed by atoms with Gasteiger partial charge in [0, 0.05) is 12.0 Å². The van der Waals surface area contributed by atoms with E-state index in [1.165, 1.54) is 38.5 Å². The van der Waals surface area contributed by atoms with Crippen LogP contribution < -0.4 is 0 Å². The van der Waals surface area contributed by atoms with Gasteiger partial charge < -0.3 is 5.11 Å². The van der Waals surface area contributed by atoms with Gasteiger partial charge in [0.15, 0.2) is 0 Å². The number of hydrogen-bond donors (Lipinski definition) is 1. The Hall–Kier alpha value is -0.560. The first-order valence-electron chi connectivity index (χ1n) is 9.99. The topological polar surface area (TPSA) is 20.2 Å². The van der Waals surface area contributed by atoms with Gasteiger partial charge in [0.1, 0.15) is 0 Å². The fourth-order valence-electron chi connectivity index (χ4n) is 7.44. The molecule has 4 rings (SSSR count). The summed E-state index contributed by atoms with van der Waals surface area (Å²) in [5.74, 6) is 3.89. The van der Waals surface area contributed by atoms with Crippen molar-refractivity contribution in [2.45, 2.75) is 65.7 Å². The molecule has 0 bridgehead atoms. The van der Waals surface area contributed by atoms with E-state index in [-0.39, 0.29) is 0 Å². The van der Waals surface area contributed by atoms with E-state index >= 15 is 0 Å². The molecular formula is C22H34O. The lowest BCUT2D eigenvalue weighted by atomic mass is 9.47. The smallest absolute Gasteiger partial charge is 0.0459 e. The second kappa shape index (κ2) is 5.48. The number of hydrogen-bond acceptors (Lipinski definition) is 1. The Morgan fingerprint density at radius 3 is 2.78 bits per heavy atom. The van der Waals surface area contributed by atoms with E-state index in [4.69, 9.17) is 0 Å². The lowest BCUT2D eigenvalue weighted by Crippen LogP contribution is -2.50. The normalized spacial score (nSPS) is 49.8. The van der Waals surface area contributed by atoms with Gasteiger partial charge in [0.2, 0.25) is 0 Å². The minimum Gasteiger partial charge on any atom is -0.396 e. The second-order valence-corrected chi connectivity index (χ2v) is 9.45. The third kappa shape index (κ3) is 2.15. The molecule has 0 radical (unpaired) electrons. The molecule has 1 nitrogen and oxygen atoms in total. The zero-order valence-electron chi connectivity index (χ0n) is 15.2. The summed E-state index contributed by atoms with van der Waals surface area (Å²) in [5.41, 5.74) is 2.57. The molecule has 0 aromatic heterocycles. The van der Waals surface area contributed by atoms with E-state index in [9.17, 15) is 5.11 Å². The molecule has 0 aliphatic heterocycles. The van der Waals surface area contributed by atoms with Crippen molar-refractivity contribution < 1.29 is 5.11 Å². The summed E-state index contributed by atoms with van der Waals surface area (Å²) >= 11 is 0. The van der Waals surface area contributed by atoms with Crippen molar-refractivity contribution in [3.8, 4) is 0 Å². The highest BCUT2D eigenvalue weighted by Gasteiger charge is 2.58. The molecule has 1 unspecified atom stereocenters. The van der Waals surface area contributed by atoms with Crippen LogP contribution in [0.1, 0.15) is 65.7 Å². The van der Waals surface area contributed by atoms with Crippen molar-refractivity contribution >= 4 is 0 Å².